The minimum absolute atomic E-state index is 0.0692. The highest BCUT2D eigenvalue weighted by Crippen LogP contribution is 2.32. The third-order valence-electron chi connectivity index (χ3n) is 8.00. The Labute approximate surface area is 251 Å². The van der Waals surface area contributed by atoms with Gasteiger partial charge in [-0.05, 0) is 6.42 Å². The van der Waals surface area contributed by atoms with Gasteiger partial charge in [-0.1, -0.05) is 0 Å². The van der Waals surface area contributed by atoms with Crippen molar-refractivity contribution in [2.45, 2.75) is 110 Å². The molecule has 19 nitrogen and oxygen atoms in total. The molecule has 258 valence electrons. The van der Waals surface area contributed by atoms with Gasteiger partial charge in [0.15, 0.2) is 18.7 Å². The third kappa shape index (κ3) is 8.35. The fourth-order valence-corrected chi connectivity index (χ4v) is 5.36. The van der Waals surface area contributed by atoms with Gasteiger partial charge in [0.25, 0.3) is 5.91 Å². The molecule has 44 heavy (non-hydrogen) atoms. The van der Waals surface area contributed by atoms with Gasteiger partial charge >= 0.3 is 0 Å². The lowest BCUT2D eigenvalue weighted by Gasteiger charge is -2.49. The third-order valence-corrected chi connectivity index (χ3v) is 8.00. The quantitative estimate of drug-likeness (QED) is 0.0825. The molecular weight excluding hydrogens is 601 g/mol. The molecule has 1 amide bonds. The molecule has 3 rings (SSSR count). The second-order valence-electron chi connectivity index (χ2n) is 11.1. The standard InChI is InChI=1S/C24H46FN5O14/c25-7(4-26)13(33)22(40)30-9-3-8(27)20(43-24-18(38)17(37)15(35)10(41-24)5-29-1-2-31)19(39)21(9)44-23-16(36)12(28)14(34)11(6-32)42-23/h7-21,23-24,29,31-39H,1-6,26-28H2,(H,30,40). The van der Waals surface area contributed by atoms with E-state index in [-0.39, 0.29) is 26.1 Å². The summed E-state index contributed by atoms with van der Waals surface area (Å²) >= 11 is 0. The molecule has 1 saturated carbocycles. The highest BCUT2D eigenvalue weighted by molar-refractivity contribution is 5.81. The molecular formula is C24H46FN5O14. The summed E-state index contributed by atoms with van der Waals surface area (Å²) in [5.74, 6) is -1.23. The Morgan fingerprint density at radius 1 is 0.886 bits per heavy atom. The van der Waals surface area contributed by atoms with Crippen molar-refractivity contribution >= 4 is 5.91 Å². The van der Waals surface area contributed by atoms with E-state index in [4.69, 9.17) is 41.3 Å². The number of hydrogen-bond donors (Lipinski definition) is 14. The van der Waals surface area contributed by atoms with Crippen LogP contribution in [-0.4, -0.2) is 189 Å². The number of hydrogen-bond acceptors (Lipinski definition) is 18. The minimum atomic E-state index is -2.20. The predicted octanol–water partition coefficient (Wildman–Crippen LogP) is -8.85. The number of carbonyl (C=O) groups is 1. The lowest BCUT2D eigenvalue weighted by atomic mass is 9.83. The van der Waals surface area contributed by atoms with Crippen molar-refractivity contribution in [3.63, 3.8) is 0 Å². The van der Waals surface area contributed by atoms with Crippen LogP contribution in [0, 0.1) is 0 Å². The summed E-state index contributed by atoms with van der Waals surface area (Å²) in [4.78, 5) is 12.6. The molecule has 0 aromatic carbocycles. The van der Waals surface area contributed by atoms with Crippen LogP contribution in [-0.2, 0) is 23.7 Å². The van der Waals surface area contributed by atoms with Crippen molar-refractivity contribution in [1.82, 2.24) is 10.6 Å². The Hall–Kier alpha value is -1.28. The van der Waals surface area contributed by atoms with Crippen LogP contribution >= 0.6 is 0 Å². The van der Waals surface area contributed by atoms with Crippen molar-refractivity contribution in [3.05, 3.63) is 0 Å². The topological polar surface area (TPSA) is 338 Å². The Bertz CT molecular complexity index is 902. The van der Waals surface area contributed by atoms with Crippen LogP contribution < -0.4 is 27.8 Å². The van der Waals surface area contributed by atoms with E-state index in [1.807, 2.05) is 0 Å². The summed E-state index contributed by atoms with van der Waals surface area (Å²) in [6.07, 6.45) is -23.7. The zero-order valence-corrected chi connectivity index (χ0v) is 23.7. The Balaban J connectivity index is 1.85. The second-order valence-corrected chi connectivity index (χ2v) is 11.1. The number of aliphatic hydroxyl groups is 9. The number of carbonyl (C=O) groups excluding carboxylic acids is 1. The van der Waals surface area contributed by atoms with Crippen molar-refractivity contribution in [1.29, 1.82) is 0 Å². The molecule has 2 saturated heterocycles. The van der Waals surface area contributed by atoms with Crippen LogP contribution in [0.1, 0.15) is 6.42 Å². The highest BCUT2D eigenvalue weighted by atomic mass is 19.1. The minimum Gasteiger partial charge on any atom is -0.395 e. The van der Waals surface area contributed by atoms with E-state index < -0.39 is 123 Å². The van der Waals surface area contributed by atoms with Crippen LogP contribution in [0.4, 0.5) is 4.39 Å². The zero-order chi connectivity index (χ0) is 32.9. The van der Waals surface area contributed by atoms with Gasteiger partial charge < -0.3 is 92.7 Å². The molecule has 0 aromatic heterocycles. The van der Waals surface area contributed by atoms with Crippen LogP contribution in [0.3, 0.4) is 0 Å². The first-order valence-electron chi connectivity index (χ1n) is 14.2. The lowest BCUT2D eigenvalue weighted by molar-refractivity contribution is -0.333. The molecule has 3 aliphatic rings. The highest BCUT2D eigenvalue weighted by Gasteiger charge is 2.52. The largest absolute Gasteiger partial charge is 0.395 e. The molecule has 17 unspecified atom stereocenters. The normalized spacial score (nSPS) is 44.6. The molecule has 0 spiro atoms. The number of nitrogens with two attached hydrogens (primary N) is 3. The van der Waals surface area contributed by atoms with Crippen molar-refractivity contribution < 1.29 is 74.1 Å². The van der Waals surface area contributed by atoms with Crippen LogP contribution in [0.5, 0.6) is 0 Å². The second kappa shape index (κ2) is 16.5. The van der Waals surface area contributed by atoms with Crippen molar-refractivity contribution in [2.24, 2.45) is 17.2 Å². The predicted molar refractivity (Wildman–Crippen MR) is 143 cm³/mol. The number of amides is 1. The van der Waals surface area contributed by atoms with Gasteiger partial charge in [0.05, 0.1) is 25.3 Å². The van der Waals surface area contributed by atoms with E-state index in [0.717, 1.165) is 0 Å². The first kappa shape index (κ1) is 37.2. The van der Waals surface area contributed by atoms with Gasteiger partial charge in [0.2, 0.25) is 0 Å². The molecule has 0 bridgehead atoms. The monoisotopic (exact) mass is 647 g/mol. The summed E-state index contributed by atoms with van der Waals surface area (Å²) in [7, 11) is 0. The van der Waals surface area contributed by atoms with E-state index in [1.54, 1.807) is 0 Å². The van der Waals surface area contributed by atoms with E-state index >= 15 is 0 Å². The average Bonchev–Trinajstić information content (AvgIpc) is 3.00. The van der Waals surface area contributed by atoms with Crippen molar-refractivity contribution in [2.75, 3.05) is 32.8 Å². The van der Waals surface area contributed by atoms with Gasteiger partial charge in [-0.2, -0.15) is 0 Å². The fourth-order valence-electron chi connectivity index (χ4n) is 5.36. The average molecular weight is 648 g/mol. The van der Waals surface area contributed by atoms with Gasteiger partial charge in [0.1, 0.15) is 67.2 Å². The summed E-state index contributed by atoms with van der Waals surface area (Å²) in [5.41, 5.74) is 17.3. The van der Waals surface area contributed by atoms with Gasteiger partial charge in [-0.15, -0.1) is 0 Å². The first-order chi connectivity index (χ1) is 20.8. The number of nitrogens with one attached hydrogen (secondary N) is 2. The fraction of sp³-hybridized carbons (Fsp3) is 0.958. The van der Waals surface area contributed by atoms with E-state index in [9.17, 15) is 50.0 Å². The smallest absolute Gasteiger partial charge is 0.252 e. The summed E-state index contributed by atoms with van der Waals surface area (Å²) < 4.78 is 36.6. The molecule has 0 aromatic rings. The van der Waals surface area contributed by atoms with Gasteiger partial charge in [0, 0.05) is 25.7 Å². The SMILES string of the molecule is NCC(F)C(O)C(=O)NC1CC(N)C(OC2OC(CNCCO)C(O)C(O)C2O)C(O)C1OC1OC(CO)C(O)C(N)C1O. The maximum Gasteiger partial charge on any atom is 0.252 e. The molecule has 17 N–H and O–H groups in total. The summed E-state index contributed by atoms with van der Waals surface area (Å²) in [5, 5.41) is 97.1. The van der Waals surface area contributed by atoms with E-state index in [2.05, 4.69) is 10.6 Å². The molecule has 20 heteroatoms. The molecule has 3 fully saturated rings. The Morgan fingerprint density at radius 3 is 2.11 bits per heavy atom. The Morgan fingerprint density at radius 2 is 1.50 bits per heavy atom. The molecule has 17 atom stereocenters. The Kier molecular flexibility index (Phi) is 14.0. The van der Waals surface area contributed by atoms with E-state index in [1.165, 1.54) is 0 Å². The van der Waals surface area contributed by atoms with Crippen LogP contribution in [0.25, 0.3) is 0 Å². The number of halogens is 1. The van der Waals surface area contributed by atoms with Crippen LogP contribution in [0.2, 0.25) is 0 Å². The molecule has 2 aliphatic heterocycles. The first-order valence-corrected chi connectivity index (χ1v) is 14.2. The van der Waals surface area contributed by atoms with Crippen molar-refractivity contribution in [3.8, 4) is 0 Å². The molecule has 1 aliphatic carbocycles. The molecule has 2 heterocycles. The number of rotatable bonds is 13. The molecule has 0 radical (unpaired) electrons. The number of ether oxygens (including phenoxy) is 4. The van der Waals surface area contributed by atoms with Gasteiger partial charge in [-0.25, -0.2) is 4.39 Å². The zero-order valence-electron chi connectivity index (χ0n) is 23.7. The summed E-state index contributed by atoms with van der Waals surface area (Å²) in [6, 6.07) is -3.83. The number of alkyl halides is 1. The van der Waals surface area contributed by atoms with E-state index in [0.29, 0.717) is 0 Å². The maximum atomic E-state index is 13.9. The maximum absolute atomic E-state index is 13.9. The summed E-state index contributed by atoms with van der Waals surface area (Å²) in [6.45, 7) is -1.57. The van der Waals surface area contributed by atoms with Crippen LogP contribution in [0.15, 0.2) is 0 Å². The van der Waals surface area contributed by atoms with Gasteiger partial charge in [-0.3, -0.25) is 4.79 Å². The number of aliphatic hydroxyl groups excluding tert-OH is 9. The lowest BCUT2D eigenvalue weighted by Crippen LogP contribution is -2.69.